The maximum absolute atomic E-state index is 6.02. The molecule has 126 valence electrons. The molecule has 1 aliphatic heterocycles. The van der Waals surface area contributed by atoms with E-state index in [2.05, 4.69) is 59.4 Å². The summed E-state index contributed by atoms with van der Waals surface area (Å²) in [7, 11) is 0. The summed E-state index contributed by atoms with van der Waals surface area (Å²) in [6.07, 6.45) is 3.24. The van der Waals surface area contributed by atoms with Crippen LogP contribution in [0.3, 0.4) is 0 Å². The quantitative estimate of drug-likeness (QED) is 0.596. The van der Waals surface area contributed by atoms with Crippen molar-refractivity contribution in [2.45, 2.75) is 25.8 Å². The van der Waals surface area contributed by atoms with Gasteiger partial charge in [-0.05, 0) is 49.2 Å². The molecule has 0 aliphatic carbocycles. The fourth-order valence-corrected chi connectivity index (χ4v) is 3.91. The Morgan fingerprint density at radius 2 is 2.16 bits per heavy atom. The Hall–Kier alpha value is -2.59. The minimum atomic E-state index is 0.387. The maximum Gasteiger partial charge on any atom is 0.199 e. The number of aromatic nitrogens is 2. The molecular formula is C21H21N3O. The number of nitrogens with zero attached hydrogens (tertiary/aromatic N) is 2. The zero-order valence-electron chi connectivity index (χ0n) is 14.3. The molecule has 0 saturated carbocycles. The molecule has 0 radical (unpaired) electrons. The van der Waals surface area contributed by atoms with Gasteiger partial charge in [0.05, 0.1) is 0 Å². The molecule has 4 nitrogen and oxygen atoms in total. The van der Waals surface area contributed by atoms with Crippen LogP contribution in [0.25, 0.3) is 22.0 Å². The second-order valence-electron chi connectivity index (χ2n) is 7.10. The van der Waals surface area contributed by atoms with Crippen molar-refractivity contribution in [1.82, 2.24) is 14.9 Å². The normalized spacial score (nSPS) is 18.5. The van der Waals surface area contributed by atoms with Crippen LogP contribution in [0.5, 0.6) is 0 Å². The Labute approximate surface area is 146 Å². The zero-order chi connectivity index (χ0) is 16.8. The predicted octanol–water partition coefficient (Wildman–Crippen LogP) is 4.61. The van der Waals surface area contributed by atoms with E-state index in [1.807, 2.05) is 6.07 Å². The van der Waals surface area contributed by atoms with Gasteiger partial charge in [-0.3, -0.25) is 4.90 Å². The Morgan fingerprint density at radius 3 is 3.12 bits per heavy atom. The Morgan fingerprint density at radius 1 is 1.24 bits per heavy atom. The lowest BCUT2D eigenvalue weighted by atomic mass is 10.1. The van der Waals surface area contributed by atoms with Crippen LogP contribution in [-0.2, 0) is 6.54 Å². The molecule has 2 aromatic heterocycles. The molecule has 2 aromatic carbocycles. The molecule has 1 fully saturated rings. The summed E-state index contributed by atoms with van der Waals surface area (Å²) in [5, 5.41) is 1.32. The van der Waals surface area contributed by atoms with Crippen molar-refractivity contribution in [2.75, 3.05) is 13.1 Å². The van der Waals surface area contributed by atoms with E-state index in [0.717, 1.165) is 43.0 Å². The molecule has 1 atom stereocenters. The number of para-hydroxylation sites is 1. The molecule has 1 saturated heterocycles. The fraction of sp³-hybridized carbons (Fsp3) is 0.286. The van der Waals surface area contributed by atoms with Crippen molar-refractivity contribution in [2.24, 2.45) is 0 Å². The van der Waals surface area contributed by atoms with Crippen LogP contribution in [0, 0.1) is 6.92 Å². The van der Waals surface area contributed by atoms with Crippen LogP contribution < -0.4 is 0 Å². The van der Waals surface area contributed by atoms with Crippen LogP contribution in [0.4, 0.5) is 0 Å². The summed E-state index contributed by atoms with van der Waals surface area (Å²) < 4.78 is 6.02. The maximum atomic E-state index is 6.02. The number of fused-ring (bicyclic) bond motifs is 2. The van der Waals surface area contributed by atoms with Crippen LogP contribution in [0.1, 0.15) is 29.4 Å². The Balaban J connectivity index is 1.35. The van der Waals surface area contributed by atoms with E-state index < -0.39 is 0 Å². The van der Waals surface area contributed by atoms with Crippen LogP contribution in [-0.4, -0.2) is 28.0 Å². The predicted molar refractivity (Wildman–Crippen MR) is 99.7 cm³/mol. The van der Waals surface area contributed by atoms with Gasteiger partial charge in [0.25, 0.3) is 0 Å². The molecule has 0 spiro atoms. The van der Waals surface area contributed by atoms with Crippen molar-refractivity contribution in [3.63, 3.8) is 0 Å². The number of nitrogens with one attached hydrogen (secondary N) is 1. The second kappa shape index (κ2) is 5.74. The standard InChI is InChI=1S/C21H21N3O/c1-14-6-7-20-19(10-14)23-21(25-20)15-8-9-24(12-15)13-16-11-22-18-5-3-2-4-17(16)18/h2-7,10-11,15,22H,8-9,12-13H2,1H3/t15-/m0/s1. The third-order valence-electron chi connectivity index (χ3n) is 5.25. The molecule has 1 N–H and O–H groups in total. The lowest BCUT2D eigenvalue weighted by Gasteiger charge is -2.14. The van der Waals surface area contributed by atoms with Gasteiger partial charge < -0.3 is 9.40 Å². The van der Waals surface area contributed by atoms with Crippen LogP contribution in [0.2, 0.25) is 0 Å². The second-order valence-corrected chi connectivity index (χ2v) is 7.10. The Bertz CT molecular complexity index is 1050. The van der Waals surface area contributed by atoms with Crippen molar-refractivity contribution in [3.8, 4) is 0 Å². The van der Waals surface area contributed by atoms with E-state index in [4.69, 9.17) is 9.40 Å². The summed E-state index contributed by atoms with van der Waals surface area (Å²) in [6, 6.07) is 14.7. The number of rotatable bonds is 3. The van der Waals surface area contributed by atoms with Crippen molar-refractivity contribution in [1.29, 1.82) is 0 Å². The largest absolute Gasteiger partial charge is 0.440 e. The average molecular weight is 331 g/mol. The van der Waals surface area contributed by atoms with Crippen molar-refractivity contribution in [3.05, 3.63) is 65.7 Å². The van der Waals surface area contributed by atoms with Gasteiger partial charge in [0.1, 0.15) is 5.52 Å². The number of aromatic amines is 1. The molecule has 1 aliphatic rings. The van der Waals surface area contributed by atoms with E-state index in [1.165, 1.54) is 22.0 Å². The zero-order valence-corrected chi connectivity index (χ0v) is 14.3. The molecule has 4 heteroatoms. The van der Waals surface area contributed by atoms with Gasteiger partial charge in [0.15, 0.2) is 11.5 Å². The average Bonchev–Trinajstić information content (AvgIpc) is 3.33. The molecule has 0 bridgehead atoms. The van der Waals surface area contributed by atoms with Gasteiger partial charge in [-0.1, -0.05) is 24.3 Å². The first-order chi connectivity index (χ1) is 12.3. The highest BCUT2D eigenvalue weighted by Crippen LogP contribution is 2.31. The lowest BCUT2D eigenvalue weighted by molar-refractivity contribution is 0.322. The third kappa shape index (κ3) is 2.63. The van der Waals surface area contributed by atoms with E-state index >= 15 is 0 Å². The summed E-state index contributed by atoms with van der Waals surface area (Å²) in [4.78, 5) is 10.6. The number of hydrogen-bond donors (Lipinski definition) is 1. The number of aryl methyl sites for hydroxylation is 1. The highest BCUT2D eigenvalue weighted by molar-refractivity contribution is 5.83. The van der Waals surface area contributed by atoms with Gasteiger partial charge in [0.2, 0.25) is 0 Å². The van der Waals surface area contributed by atoms with Gasteiger partial charge in [-0.25, -0.2) is 4.98 Å². The first-order valence-electron chi connectivity index (χ1n) is 8.91. The summed E-state index contributed by atoms with van der Waals surface area (Å²) in [5.74, 6) is 1.28. The fourth-order valence-electron chi connectivity index (χ4n) is 3.91. The SMILES string of the molecule is Cc1ccc2oc([C@H]3CCN(Cc4c[nH]c5ccccc45)C3)nc2c1. The van der Waals surface area contributed by atoms with E-state index in [0.29, 0.717) is 5.92 Å². The van der Waals surface area contributed by atoms with Crippen molar-refractivity contribution < 1.29 is 4.42 Å². The van der Waals surface area contributed by atoms with Gasteiger partial charge in [0, 0.05) is 36.1 Å². The van der Waals surface area contributed by atoms with Gasteiger partial charge >= 0.3 is 0 Å². The Kier molecular flexibility index (Phi) is 3.38. The van der Waals surface area contributed by atoms with E-state index in [-0.39, 0.29) is 0 Å². The lowest BCUT2D eigenvalue weighted by Crippen LogP contribution is -2.19. The first-order valence-corrected chi connectivity index (χ1v) is 8.91. The van der Waals surface area contributed by atoms with E-state index in [1.54, 1.807) is 0 Å². The number of likely N-dealkylation sites (tertiary alicyclic amines) is 1. The van der Waals surface area contributed by atoms with Crippen LogP contribution in [0.15, 0.2) is 53.1 Å². The molecule has 0 unspecified atom stereocenters. The third-order valence-corrected chi connectivity index (χ3v) is 5.25. The van der Waals surface area contributed by atoms with Gasteiger partial charge in [-0.15, -0.1) is 0 Å². The van der Waals surface area contributed by atoms with Gasteiger partial charge in [-0.2, -0.15) is 0 Å². The number of oxazole rings is 1. The topological polar surface area (TPSA) is 45.1 Å². The summed E-state index contributed by atoms with van der Waals surface area (Å²) in [6.45, 7) is 5.15. The smallest absolute Gasteiger partial charge is 0.199 e. The summed E-state index contributed by atoms with van der Waals surface area (Å²) >= 11 is 0. The highest BCUT2D eigenvalue weighted by atomic mass is 16.3. The van der Waals surface area contributed by atoms with E-state index in [9.17, 15) is 0 Å². The molecule has 25 heavy (non-hydrogen) atoms. The molecule has 3 heterocycles. The highest BCUT2D eigenvalue weighted by Gasteiger charge is 2.28. The molecular weight excluding hydrogens is 310 g/mol. The number of hydrogen-bond acceptors (Lipinski definition) is 3. The number of benzene rings is 2. The molecule has 5 rings (SSSR count). The van der Waals surface area contributed by atoms with Crippen LogP contribution >= 0.6 is 0 Å². The van der Waals surface area contributed by atoms with Crippen molar-refractivity contribution >= 4 is 22.0 Å². The number of H-pyrrole nitrogens is 1. The molecule has 0 amide bonds. The summed E-state index contributed by atoms with van der Waals surface area (Å²) in [5.41, 5.74) is 5.67. The minimum Gasteiger partial charge on any atom is -0.440 e. The monoisotopic (exact) mass is 331 g/mol. The molecule has 4 aromatic rings. The first kappa shape index (κ1) is 14.7. The minimum absolute atomic E-state index is 0.387.